The van der Waals surface area contributed by atoms with Crippen molar-refractivity contribution < 1.29 is 9.53 Å². The Morgan fingerprint density at radius 2 is 1.85 bits per heavy atom. The fourth-order valence-electron chi connectivity index (χ4n) is 2.97. The van der Waals surface area contributed by atoms with E-state index in [2.05, 4.69) is 39.8 Å². The minimum Gasteiger partial charge on any atom is -0.462 e. The molecular formula is C18H26O2. The highest BCUT2D eigenvalue weighted by molar-refractivity contribution is 5.72. The molecule has 20 heavy (non-hydrogen) atoms. The molecule has 0 radical (unpaired) electrons. The first-order chi connectivity index (χ1) is 9.37. The fraction of sp³-hybridized carbons (Fsp3) is 0.611. The summed E-state index contributed by atoms with van der Waals surface area (Å²) in [6, 6.07) is 10.4. The van der Waals surface area contributed by atoms with Crippen molar-refractivity contribution in [2.45, 2.75) is 59.0 Å². The van der Waals surface area contributed by atoms with Gasteiger partial charge in [-0.15, -0.1) is 0 Å². The van der Waals surface area contributed by atoms with Gasteiger partial charge in [-0.25, -0.2) is 0 Å². The second kappa shape index (κ2) is 5.99. The molecule has 0 N–H and O–H groups in total. The van der Waals surface area contributed by atoms with Crippen LogP contribution in [0.15, 0.2) is 30.3 Å². The van der Waals surface area contributed by atoms with Gasteiger partial charge in [-0.2, -0.15) is 0 Å². The molecule has 0 unspecified atom stereocenters. The predicted molar refractivity (Wildman–Crippen MR) is 81.5 cm³/mol. The average Bonchev–Trinajstić information content (AvgIpc) is 2.39. The summed E-state index contributed by atoms with van der Waals surface area (Å²) in [4.78, 5) is 11.9. The van der Waals surface area contributed by atoms with Crippen LogP contribution in [0.4, 0.5) is 0 Å². The average molecular weight is 274 g/mol. The van der Waals surface area contributed by atoms with Crippen LogP contribution in [0.25, 0.3) is 0 Å². The predicted octanol–water partition coefficient (Wildman–Crippen LogP) is 4.55. The van der Waals surface area contributed by atoms with E-state index in [0.717, 1.165) is 12.8 Å². The number of esters is 1. The Morgan fingerprint density at radius 1 is 1.20 bits per heavy atom. The lowest BCUT2D eigenvalue weighted by molar-refractivity contribution is -0.160. The van der Waals surface area contributed by atoms with Crippen LogP contribution in [0.5, 0.6) is 0 Å². The monoisotopic (exact) mass is 274 g/mol. The number of benzene rings is 1. The first-order valence-electron chi connectivity index (χ1n) is 7.61. The van der Waals surface area contributed by atoms with E-state index in [0.29, 0.717) is 18.3 Å². The SMILES string of the molecule is C[C@H]1[C@@H](c2ccccc2)CC(=O)O[C@@H]1CCC(C)(C)C. The standard InChI is InChI=1S/C18H26O2/c1-13-15(14-8-6-5-7-9-14)12-17(19)20-16(13)10-11-18(2,3)4/h5-9,13,15-16H,10-12H2,1-4H3/t13-,15-,16+/m0/s1. The summed E-state index contributed by atoms with van der Waals surface area (Å²) in [6.07, 6.45) is 2.61. The summed E-state index contributed by atoms with van der Waals surface area (Å²) < 4.78 is 5.61. The zero-order valence-electron chi connectivity index (χ0n) is 13.1. The third kappa shape index (κ3) is 3.84. The summed E-state index contributed by atoms with van der Waals surface area (Å²) in [5.74, 6) is 0.635. The van der Waals surface area contributed by atoms with Crippen LogP contribution in [0.1, 0.15) is 58.4 Å². The van der Waals surface area contributed by atoms with Crippen LogP contribution in [0, 0.1) is 11.3 Å². The zero-order valence-corrected chi connectivity index (χ0v) is 13.1. The highest BCUT2D eigenvalue weighted by Crippen LogP contribution is 2.38. The fourth-order valence-corrected chi connectivity index (χ4v) is 2.97. The molecule has 1 aliphatic heterocycles. The topological polar surface area (TPSA) is 26.3 Å². The maximum Gasteiger partial charge on any atom is 0.306 e. The maximum atomic E-state index is 11.9. The summed E-state index contributed by atoms with van der Waals surface area (Å²) in [5, 5.41) is 0. The van der Waals surface area contributed by atoms with E-state index in [4.69, 9.17) is 4.74 Å². The largest absolute Gasteiger partial charge is 0.462 e. The van der Waals surface area contributed by atoms with E-state index in [-0.39, 0.29) is 17.5 Å². The van der Waals surface area contributed by atoms with Crippen LogP contribution < -0.4 is 0 Å². The Bertz CT molecular complexity index is 444. The van der Waals surface area contributed by atoms with Crippen molar-refractivity contribution in [1.82, 2.24) is 0 Å². The lowest BCUT2D eigenvalue weighted by Crippen LogP contribution is -2.37. The molecule has 0 amide bonds. The van der Waals surface area contributed by atoms with E-state index < -0.39 is 0 Å². The van der Waals surface area contributed by atoms with Crippen LogP contribution >= 0.6 is 0 Å². The molecule has 2 rings (SSSR count). The van der Waals surface area contributed by atoms with Gasteiger partial charge in [0.1, 0.15) is 6.10 Å². The lowest BCUT2D eigenvalue weighted by atomic mass is 9.77. The second-order valence-corrected chi connectivity index (χ2v) is 7.21. The van der Waals surface area contributed by atoms with Crippen LogP contribution in [-0.2, 0) is 9.53 Å². The summed E-state index contributed by atoms with van der Waals surface area (Å²) in [7, 11) is 0. The van der Waals surface area contributed by atoms with Crippen molar-refractivity contribution in [3.8, 4) is 0 Å². The van der Waals surface area contributed by atoms with Gasteiger partial charge in [0.25, 0.3) is 0 Å². The molecule has 0 aliphatic carbocycles. The van der Waals surface area contributed by atoms with Gasteiger partial charge in [-0.3, -0.25) is 4.79 Å². The first kappa shape index (κ1) is 15.1. The molecular weight excluding hydrogens is 248 g/mol. The highest BCUT2D eigenvalue weighted by atomic mass is 16.5. The van der Waals surface area contributed by atoms with Gasteiger partial charge in [0.15, 0.2) is 0 Å². The van der Waals surface area contributed by atoms with Crippen molar-refractivity contribution in [1.29, 1.82) is 0 Å². The van der Waals surface area contributed by atoms with Crippen LogP contribution in [0.2, 0.25) is 0 Å². The second-order valence-electron chi connectivity index (χ2n) is 7.21. The van der Waals surface area contributed by atoms with E-state index in [1.165, 1.54) is 5.56 Å². The van der Waals surface area contributed by atoms with E-state index in [9.17, 15) is 4.79 Å². The molecule has 1 aromatic rings. The summed E-state index contributed by atoms with van der Waals surface area (Å²) in [6.45, 7) is 8.92. The summed E-state index contributed by atoms with van der Waals surface area (Å²) in [5.41, 5.74) is 1.55. The molecule has 3 atom stereocenters. The number of rotatable bonds is 3. The van der Waals surface area contributed by atoms with Gasteiger partial charge < -0.3 is 4.74 Å². The van der Waals surface area contributed by atoms with Crippen molar-refractivity contribution in [2.75, 3.05) is 0 Å². The third-order valence-electron chi connectivity index (χ3n) is 4.30. The molecule has 1 heterocycles. The van der Waals surface area contributed by atoms with E-state index in [1.807, 2.05) is 18.2 Å². The van der Waals surface area contributed by atoms with Crippen molar-refractivity contribution in [3.63, 3.8) is 0 Å². The Kier molecular flexibility index (Phi) is 4.52. The van der Waals surface area contributed by atoms with Gasteiger partial charge in [-0.1, -0.05) is 58.0 Å². The van der Waals surface area contributed by atoms with Crippen molar-refractivity contribution >= 4 is 5.97 Å². The lowest BCUT2D eigenvalue weighted by Gasteiger charge is -2.36. The Morgan fingerprint density at radius 3 is 2.45 bits per heavy atom. The molecule has 2 heteroatoms. The maximum absolute atomic E-state index is 11.9. The number of carbonyl (C=O) groups excluding carboxylic acids is 1. The van der Waals surface area contributed by atoms with Gasteiger partial charge in [0.2, 0.25) is 0 Å². The number of hydrogen-bond donors (Lipinski definition) is 0. The molecule has 1 aliphatic rings. The van der Waals surface area contributed by atoms with Gasteiger partial charge >= 0.3 is 5.97 Å². The Hall–Kier alpha value is -1.31. The third-order valence-corrected chi connectivity index (χ3v) is 4.30. The van der Waals surface area contributed by atoms with E-state index >= 15 is 0 Å². The molecule has 0 bridgehead atoms. The molecule has 1 fully saturated rings. The smallest absolute Gasteiger partial charge is 0.306 e. The molecule has 2 nitrogen and oxygen atoms in total. The zero-order chi connectivity index (χ0) is 14.8. The van der Waals surface area contributed by atoms with Crippen molar-refractivity contribution in [3.05, 3.63) is 35.9 Å². The number of cyclic esters (lactones) is 1. The van der Waals surface area contributed by atoms with Gasteiger partial charge in [-0.05, 0) is 23.8 Å². The minimum absolute atomic E-state index is 0.0455. The number of carbonyl (C=O) groups is 1. The molecule has 1 aromatic carbocycles. The van der Waals surface area contributed by atoms with Crippen LogP contribution in [0.3, 0.4) is 0 Å². The number of ether oxygens (including phenoxy) is 1. The molecule has 0 saturated carbocycles. The molecule has 110 valence electrons. The normalized spacial score (nSPS) is 27.2. The van der Waals surface area contributed by atoms with E-state index in [1.54, 1.807) is 0 Å². The summed E-state index contributed by atoms with van der Waals surface area (Å²) >= 11 is 0. The first-order valence-corrected chi connectivity index (χ1v) is 7.61. The van der Waals surface area contributed by atoms with Crippen LogP contribution in [-0.4, -0.2) is 12.1 Å². The van der Waals surface area contributed by atoms with Crippen molar-refractivity contribution in [2.24, 2.45) is 11.3 Å². The quantitative estimate of drug-likeness (QED) is 0.756. The Labute approximate surface area is 122 Å². The Balaban J connectivity index is 2.09. The molecule has 1 saturated heterocycles. The molecule has 0 spiro atoms. The minimum atomic E-state index is -0.0455. The van der Waals surface area contributed by atoms with Gasteiger partial charge in [0.05, 0.1) is 6.42 Å². The van der Waals surface area contributed by atoms with Gasteiger partial charge in [0, 0.05) is 11.8 Å². The highest BCUT2D eigenvalue weighted by Gasteiger charge is 2.36. The molecule has 0 aromatic heterocycles. The number of hydrogen-bond acceptors (Lipinski definition) is 2.